The summed E-state index contributed by atoms with van der Waals surface area (Å²) in [5.74, 6) is -4.21. The van der Waals surface area contributed by atoms with Crippen molar-refractivity contribution in [2.45, 2.75) is 6.92 Å². The van der Waals surface area contributed by atoms with Gasteiger partial charge in [-0.25, -0.2) is 14.4 Å². The second-order valence-corrected chi connectivity index (χ2v) is 6.19. The summed E-state index contributed by atoms with van der Waals surface area (Å²) in [4.78, 5) is 47.0. The number of esters is 2. The van der Waals surface area contributed by atoms with E-state index in [2.05, 4.69) is 25.0 Å². The maximum atomic E-state index is 12.4. The van der Waals surface area contributed by atoms with Crippen LogP contribution in [0.15, 0.2) is 64.1 Å². The second kappa shape index (κ2) is 10.5. The molecule has 0 spiro atoms. The Balaban J connectivity index is 2.32. The number of carboxylic acid groups (broad SMARTS) is 1. The maximum absolute atomic E-state index is 12.4. The van der Waals surface area contributed by atoms with E-state index in [1.54, 1.807) is 0 Å². The van der Waals surface area contributed by atoms with Crippen LogP contribution < -0.4 is 10.4 Å². The number of ether oxygens (including phenoxy) is 2. The topological polar surface area (TPSA) is 167 Å². The number of nitrogens with one attached hydrogen (secondary N) is 1. The highest BCUT2D eigenvalue weighted by molar-refractivity contribution is 6.04. The van der Waals surface area contributed by atoms with Crippen molar-refractivity contribution in [2.75, 3.05) is 19.5 Å². The van der Waals surface area contributed by atoms with E-state index in [1.807, 2.05) is 0 Å². The molecule has 0 saturated heterocycles. The molecular weight excluding hydrogens is 422 g/mol. The zero-order chi connectivity index (χ0) is 23.8. The summed E-state index contributed by atoms with van der Waals surface area (Å²) in [7, 11) is 2.31. The second-order valence-electron chi connectivity index (χ2n) is 6.19. The number of aromatic carboxylic acids is 1. The minimum absolute atomic E-state index is 0.00865. The van der Waals surface area contributed by atoms with Gasteiger partial charge in [-0.15, -0.1) is 10.9 Å². The molecule has 32 heavy (non-hydrogen) atoms. The Morgan fingerprint density at radius 1 is 0.906 bits per heavy atom. The molecule has 0 atom stereocenters. The molecule has 2 aromatic rings. The van der Waals surface area contributed by atoms with Gasteiger partial charge >= 0.3 is 17.9 Å². The minimum Gasteiger partial charge on any atom is -0.874 e. The van der Waals surface area contributed by atoms with E-state index in [1.165, 1.54) is 42.5 Å². The molecule has 0 bridgehead atoms. The summed E-state index contributed by atoms with van der Waals surface area (Å²) in [5, 5.41) is 30.7. The maximum Gasteiger partial charge on any atom is 0.337 e. The molecule has 2 aromatic carbocycles. The Morgan fingerprint density at radius 3 is 1.88 bits per heavy atom. The number of azo groups is 1. The highest BCUT2D eigenvalue weighted by atomic mass is 16.5. The third-order valence-corrected chi connectivity index (χ3v) is 3.96. The Bertz CT molecular complexity index is 1080. The molecule has 0 radical (unpaired) electrons. The van der Waals surface area contributed by atoms with Gasteiger partial charge in [0.25, 0.3) is 5.91 Å². The molecule has 1 amide bonds. The number of hydrogen-bond acceptors (Lipinski definition) is 9. The summed E-state index contributed by atoms with van der Waals surface area (Å²) in [6, 6.07) is 8.99. The van der Waals surface area contributed by atoms with Crippen LogP contribution in [0.2, 0.25) is 0 Å². The first-order valence-corrected chi connectivity index (χ1v) is 8.92. The SMILES string of the molecule is COC(=O)c1cc(N=N/C(C(=O)Nc2ccc(C(=O)O)cc2)=C(\C)[O-])cc(C(=O)OC)c1. The zero-order valence-electron chi connectivity index (χ0n) is 17.2. The van der Waals surface area contributed by atoms with Gasteiger partial charge in [-0.2, -0.15) is 5.11 Å². The highest BCUT2D eigenvalue weighted by Crippen LogP contribution is 2.21. The van der Waals surface area contributed by atoms with Crippen LogP contribution in [0.4, 0.5) is 11.4 Å². The number of carbonyl (C=O) groups excluding carboxylic acids is 3. The third-order valence-electron chi connectivity index (χ3n) is 3.96. The van der Waals surface area contributed by atoms with Crippen LogP contribution in [0.5, 0.6) is 0 Å². The Labute approximate surface area is 182 Å². The highest BCUT2D eigenvalue weighted by Gasteiger charge is 2.15. The fraction of sp³-hybridized carbons (Fsp3) is 0.143. The molecule has 11 heteroatoms. The van der Waals surface area contributed by atoms with Gasteiger partial charge in [-0.1, -0.05) is 6.92 Å². The van der Waals surface area contributed by atoms with Crippen molar-refractivity contribution in [3.8, 4) is 0 Å². The van der Waals surface area contributed by atoms with Gasteiger partial charge in [-0.05, 0) is 42.5 Å². The van der Waals surface area contributed by atoms with E-state index in [4.69, 9.17) is 5.11 Å². The number of nitrogens with zero attached hydrogens (tertiary/aromatic N) is 2. The van der Waals surface area contributed by atoms with Crippen LogP contribution in [-0.4, -0.2) is 43.1 Å². The standard InChI is InChI=1S/C21H19N3O8/c1-11(25)17(18(26)22-15-6-4-12(5-7-15)19(27)28)24-23-16-9-13(20(29)31-2)8-14(10-16)21(30)32-3/h4-10,25H,1-3H3,(H,22,26)(H,27,28)/p-1/b17-11+,24-23?. The van der Waals surface area contributed by atoms with Crippen LogP contribution in [-0.2, 0) is 14.3 Å². The van der Waals surface area contributed by atoms with Crippen molar-refractivity contribution < 1.29 is 38.9 Å². The molecule has 2 N–H and O–H groups in total. The first-order valence-electron chi connectivity index (χ1n) is 8.92. The predicted octanol–water partition coefficient (Wildman–Crippen LogP) is 2.27. The lowest BCUT2D eigenvalue weighted by Gasteiger charge is -2.11. The summed E-state index contributed by atoms with van der Waals surface area (Å²) < 4.78 is 9.26. The predicted molar refractivity (Wildman–Crippen MR) is 108 cm³/mol. The van der Waals surface area contributed by atoms with Crippen molar-refractivity contribution in [3.63, 3.8) is 0 Å². The molecule has 2 rings (SSSR count). The van der Waals surface area contributed by atoms with Crippen molar-refractivity contribution >= 4 is 35.2 Å². The largest absolute Gasteiger partial charge is 0.874 e. The van der Waals surface area contributed by atoms with Gasteiger partial charge in [0.2, 0.25) is 0 Å². The van der Waals surface area contributed by atoms with Crippen LogP contribution in [0.25, 0.3) is 0 Å². The fourth-order valence-electron chi connectivity index (χ4n) is 2.41. The summed E-state index contributed by atoms with van der Waals surface area (Å²) in [5.41, 5.74) is -0.352. The van der Waals surface area contributed by atoms with E-state index >= 15 is 0 Å². The van der Waals surface area contributed by atoms with E-state index < -0.39 is 35.3 Å². The number of allylic oxidation sites excluding steroid dienone is 1. The quantitative estimate of drug-likeness (QED) is 0.286. The Morgan fingerprint density at radius 2 is 1.44 bits per heavy atom. The number of rotatable bonds is 7. The van der Waals surface area contributed by atoms with E-state index in [0.717, 1.165) is 21.1 Å². The van der Waals surface area contributed by atoms with E-state index in [-0.39, 0.29) is 28.1 Å². The summed E-state index contributed by atoms with van der Waals surface area (Å²) in [6.45, 7) is 1.10. The molecule has 166 valence electrons. The van der Waals surface area contributed by atoms with Crippen molar-refractivity contribution in [3.05, 3.63) is 70.6 Å². The molecule has 0 saturated carbocycles. The number of hydrogen-bond donors (Lipinski definition) is 2. The lowest BCUT2D eigenvalue weighted by Crippen LogP contribution is -2.18. The molecule has 0 aliphatic carbocycles. The molecular formula is C21H18N3O8-. The number of methoxy groups -OCH3 is 2. The molecule has 0 heterocycles. The van der Waals surface area contributed by atoms with Gasteiger partial charge in [0.15, 0.2) is 0 Å². The number of anilines is 1. The number of amides is 1. The normalized spacial score (nSPS) is 11.5. The van der Waals surface area contributed by atoms with Crippen molar-refractivity contribution in [1.29, 1.82) is 0 Å². The third kappa shape index (κ3) is 5.98. The van der Waals surface area contributed by atoms with Gasteiger partial charge in [0.05, 0.1) is 36.6 Å². The number of carbonyl (C=O) groups is 4. The molecule has 0 unspecified atom stereocenters. The summed E-state index contributed by atoms with van der Waals surface area (Å²) in [6.07, 6.45) is 0. The van der Waals surface area contributed by atoms with Crippen molar-refractivity contribution in [1.82, 2.24) is 0 Å². The average molecular weight is 440 g/mol. The molecule has 0 fully saturated rings. The van der Waals surface area contributed by atoms with Gasteiger partial charge in [0.1, 0.15) is 5.70 Å². The Hall–Kier alpha value is -4.54. The van der Waals surface area contributed by atoms with Crippen LogP contribution >= 0.6 is 0 Å². The van der Waals surface area contributed by atoms with Gasteiger partial charge < -0.3 is 25.0 Å². The number of carboxylic acids is 1. The number of benzene rings is 2. The first-order chi connectivity index (χ1) is 15.2. The minimum atomic E-state index is -1.13. The van der Waals surface area contributed by atoms with Crippen molar-refractivity contribution in [2.24, 2.45) is 10.2 Å². The summed E-state index contributed by atoms with van der Waals surface area (Å²) >= 11 is 0. The van der Waals surface area contributed by atoms with E-state index in [9.17, 15) is 24.3 Å². The first kappa shape index (κ1) is 23.7. The molecule has 0 aromatic heterocycles. The van der Waals surface area contributed by atoms with E-state index in [0.29, 0.717) is 0 Å². The lowest BCUT2D eigenvalue weighted by molar-refractivity contribution is -0.303. The lowest BCUT2D eigenvalue weighted by atomic mass is 10.1. The smallest absolute Gasteiger partial charge is 0.337 e. The van der Waals surface area contributed by atoms with Crippen LogP contribution in [0, 0.1) is 0 Å². The Kier molecular flexibility index (Phi) is 7.77. The zero-order valence-corrected chi connectivity index (χ0v) is 17.2. The monoisotopic (exact) mass is 440 g/mol. The van der Waals surface area contributed by atoms with Crippen LogP contribution in [0.1, 0.15) is 38.0 Å². The van der Waals surface area contributed by atoms with Gasteiger partial charge in [-0.3, -0.25) is 4.79 Å². The molecule has 0 aliphatic rings. The molecule has 11 nitrogen and oxygen atoms in total. The van der Waals surface area contributed by atoms with Crippen LogP contribution in [0.3, 0.4) is 0 Å². The fourth-order valence-corrected chi connectivity index (χ4v) is 2.41. The van der Waals surface area contributed by atoms with Gasteiger partial charge in [0, 0.05) is 5.69 Å². The molecule has 0 aliphatic heterocycles. The average Bonchev–Trinajstić information content (AvgIpc) is 2.77.